The maximum absolute atomic E-state index is 12.8. The fourth-order valence-electron chi connectivity index (χ4n) is 3.66. The number of aliphatic hydroxyl groups excluding tert-OH is 1. The van der Waals surface area contributed by atoms with Gasteiger partial charge in [0.05, 0.1) is 11.9 Å². The van der Waals surface area contributed by atoms with Gasteiger partial charge in [-0.3, -0.25) is 9.00 Å². The maximum atomic E-state index is 12.8. The standard InChI is InChI=1S/C22H23NO3S2/c24-17-10-12-23(13-11-17)21(25)15-28(26)14-20-22(16-6-2-1-3-7-16)18-8-4-5-9-19(18)27-20/h1-9,17,24H,10-15H2. The number of nitrogens with zero attached hydrogens (tertiary/aromatic N) is 1. The van der Waals surface area contributed by atoms with Gasteiger partial charge in [0.2, 0.25) is 5.91 Å². The number of carbonyl (C=O) groups is 1. The van der Waals surface area contributed by atoms with Crippen LogP contribution < -0.4 is 0 Å². The predicted molar refractivity (Wildman–Crippen MR) is 116 cm³/mol. The topological polar surface area (TPSA) is 57.6 Å². The van der Waals surface area contributed by atoms with Crippen LogP contribution in [0.25, 0.3) is 21.2 Å². The normalized spacial score (nSPS) is 16.4. The van der Waals surface area contributed by atoms with Gasteiger partial charge in [0.1, 0.15) is 5.75 Å². The molecule has 1 aromatic heterocycles. The van der Waals surface area contributed by atoms with Crippen LogP contribution >= 0.6 is 11.3 Å². The van der Waals surface area contributed by atoms with E-state index >= 15 is 0 Å². The monoisotopic (exact) mass is 413 g/mol. The molecular weight excluding hydrogens is 390 g/mol. The molecule has 1 amide bonds. The first kappa shape index (κ1) is 19.3. The Morgan fingerprint density at radius 3 is 2.50 bits per heavy atom. The van der Waals surface area contributed by atoms with Gasteiger partial charge < -0.3 is 10.0 Å². The van der Waals surface area contributed by atoms with Crippen LogP contribution in [0.2, 0.25) is 0 Å². The van der Waals surface area contributed by atoms with E-state index in [-0.39, 0.29) is 17.8 Å². The van der Waals surface area contributed by atoms with E-state index in [0.717, 1.165) is 16.0 Å². The highest BCUT2D eigenvalue weighted by Crippen LogP contribution is 2.39. The van der Waals surface area contributed by atoms with Crippen LogP contribution in [0, 0.1) is 0 Å². The van der Waals surface area contributed by atoms with Crippen molar-refractivity contribution in [2.24, 2.45) is 0 Å². The first-order valence-electron chi connectivity index (χ1n) is 9.48. The number of aliphatic hydroxyl groups is 1. The molecule has 2 aromatic carbocycles. The Morgan fingerprint density at radius 1 is 1.07 bits per heavy atom. The highest BCUT2D eigenvalue weighted by Gasteiger charge is 2.23. The summed E-state index contributed by atoms with van der Waals surface area (Å²) in [4.78, 5) is 15.3. The van der Waals surface area contributed by atoms with Crippen LogP contribution in [0.15, 0.2) is 54.6 Å². The van der Waals surface area contributed by atoms with Crippen LogP contribution in [0.4, 0.5) is 0 Å². The second kappa shape index (κ2) is 8.55. The summed E-state index contributed by atoms with van der Waals surface area (Å²) >= 11 is 1.66. The van der Waals surface area contributed by atoms with Crippen LogP contribution in [0.1, 0.15) is 17.7 Å². The molecule has 1 fully saturated rings. The third kappa shape index (κ3) is 4.19. The smallest absolute Gasteiger partial charge is 0.235 e. The molecule has 4 nitrogen and oxygen atoms in total. The van der Waals surface area contributed by atoms with E-state index < -0.39 is 10.8 Å². The van der Waals surface area contributed by atoms with Crippen molar-refractivity contribution in [2.75, 3.05) is 18.8 Å². The Hall–Kier alpha value is -2.02. The van der Waals surface area contributed by atoms with Crippen LogP contribution in [0.5, 0.6) is 0 Å². The van der Waals surface area contributed by atoms with Gasteiger partial charge in [0.25, 0.3) is 0 Å². The first-order chi connectivity index (χ1) is 13.6. The van der Waals surface area contributed by atoms with E-state index in [1.54, 1.807) is 16.2 Å². The van der Waals surface area contributed by atoms with Crippen molar-refractivity contribution >= 4 is 38.1 Å². The zero-order chi connectivity index (χ0) is 19.5. The second-order valence-corrected chi connectivity index (χ2v) is 9.70. The Balaban J connectivity index is 1.54. The number of likely N-dealkylation sites (tertiary alicyclic amines) is 1. The largest absolute Gasteiger partial charge is 0.393 e. The van der Waals surface area contributed by atoms with Crippen LogP contribution in [-0.4, -0.2) is 45.1 Å². The second-order valence-electron chi connectivity index (χ2n) is 7.10. The molecule has 1 unspecified atom stereocenters. The summed E-state index contributed by atoms with van der Waals surface area (Å²) in [6, 6.07) is 18.4. The molecule has 0 aliphatic carbocycles. The fraction of sp³-hybridized carbons (Fsp3) is 0.318. The van der Waals surface area contributed by atoms with Gasteiger partial charge in [-0.25, -0.2) is 0 Å². The lowest BCUT2D eigenvalue weighted by molar-refractivity contribution is -0.130. The van der Waals surface area contributed by atoms with E-state index in [0.29, 0.717) is 31.7 Å². The van der Waals surface area contributed by atoms with E-state index in [4.69, 9.17) is 0 Å². The Kier molecular flexibility index (Phi) is 5.90. The summed E-state index contributed by atoms with van der Waals surface area (Å²) in [5, 5.41) is 10.8. The lowest BCUT2D eigenvalue weighted by Crippen LogP contribution is -2.42. The number of carbonyl (C=O) groups excluding carboxylic acids is 1. The van der Waals surface area contributed by atoms with Gasteiger partial charge in [-0.15, -0.1) is 11.3 Å². The molecule has 1 aliphatic rings. The number of benzene rings is 2. The van der Waals surface area contributed by atoms with Crippen LogP contribution in [-0.2, 0) is 21.3 Å². The summed E-state index contributed by atoms with van der Waals surface area (Å²) in [7, 11) is -1.27. The first-order valence-corrected chi connectivity index (χ1v) is 11.8. The molecule has 0 radical (unpaired) electrons. The number of piperidine rings is 1. The molecular formula is C22H23NO3S2. The van der Waals surface area contributed by atoms with Crippen molar-refractivity contribution in [1.29, 1.82) is 0 Å². The molecule has 2 heterocycles. The molecule has 0 spiro atoms. The highest BCUT2D eigenvalue weighted by molar-refractivity contribution is 7.85. The summed E-state index contributed by atoms with van der Waals surface area (Å²) in [5.74, 6) is 0.345. The summed E-state index contributed by atoms with van der Waals surface area (Å²) in [6.45, 7) is 1.10. The zero-order valence-corrected chi connectivity index (χ0v) is 17.2. The number of fused-ring (bicyclic) bond motifs is 1. The van der Waals surface area contributed by atoms with Gasteiger partial charge >= 0.3 is 0 Å². The van der Waals surface area contributed by atoms with Crippen LogP contribution in [0.3, 0.4) is 0 Å². The molecule has 1 saturated heterocycles. The number of thiophene rings is 1. The highest BCUT2D eigenvalue weighted by atomic mass is 32.2. The maximum Gasteiger partial charge on any atom is 0.235 e. The van der Waals surface area contributed by atoms with E-state index in [1.807, 2.05) is 30.3 Å². The Bertz CT molecular complexity index is 991. The molecule has 1 N–H and O–H groups in total. The summed E-state index contributed by atoms with van der Waals surface area (Å²) in [5.41, 5.74) is 2.24. The number of rotatable bonds is 5. The Labute approximate surface area is 171 Å². The molecule has 28 heavy (non-hydrogen) atoms. The van der Waals surface area contributed by atoms with Gasteiger partial charge in [0.15, 0.2) is 0 Å². The predicted octanol–water partition coefficient (Wildman–Crippen LogP) is 3.80. The van der Waals surface area contributed by atoms with Gasteiger partial charge in [0, 0.05) is 44.4 Å². The number of hydrogen-bond donors (Lipinski definition) is 1. The molecule has 3 aromatic rings. The number of hydrogen-bond acceptors (Lipinski definition) is 4. The minimum Gasteiger partial charge on any atom is -0.393 e. The minimum atomic E-state index is -1.27. The molecule has 0 saturated carbocycles. The summed E-state index contributed by atoms with van der Waals surface area (Å²) in [6.07, 6.45) is 0.890. The van der Waals surface area contributed by atoms with Gasteiger partial charge in [-0.1, -0.05) is 48.5 Å². The summed E-state index contributed by atoms with van der Waals surface area (Å²) < 4.78 is 14.0. The lowest BCUT2D eigenvalue weighted by atomic mass is 10.0. The van der Waals surface area contributed by atoms with Crippen molar-refractivity contribution in [3.05, 3.63) is 59.5 Å². The van der Waals surface area contributed by atoms with Crippen molar-refractivity contribution in [3.8, 4) is 11.1 Å². The molecule has 146 valence electrons. The lowest BCUT2D eigenvalue weighted by Gasteiger charge is -2.29. The third-order valence-electron chi connectivity index (χ3n) is 5.12. The average Bonchev–Trinajstić information content (AvgIpc) is 3.06. The molecule has 0 bridgehead atoms. The Morgan fingerprint density at radius 2 is 1.75 bits per heavy atom. The zero-order valence-electron chi connectivity index (χ0n) is 15.5. The molecule has 1 atom stereocenters. The SMILES string of the molecule is O=C(CS(=O)Cc1sc2ccccc2c1-c1ccccc1)N1CCC(O)CC1. The van der Waals surface area contributed by atoms with Crippen molar-refractivity contribution in [1.82, 2.24) is 4.90 Å². The van der Waals surface area contributed by atoms with Crippen molar-refractivity contribution in [3.63, 3.8) is 0 Å². The van der Waals surface area contributed by atoms with Gasteiger partial charge in [-0.05, 0) is 24.5 Å². The van der Waals surface area contributed by atoms with E-state index in [2.05, 4.69) is 24.3 Å². The fourth-order valence-corrected chi connectivity index (χ4v) is 6.31. The third-order valence-corrected chi connectivity index (χ3v) is 7.66. The molecule has 6 heteroatoms. The van der Waals surface area contributed by atoms with E-state index in [1.165, 1.54) is 10.1 Å². The average molecular weight is 414 g/mol. The minimum absolute atomic E-state index is 0.0402. The quantitative estimate of drug-likeness (QED) is 0.692. The molecule has 1 aliphatic heterocycles. The van der Waals surface area contributed by atoms with Crippen molar-refractivity contribution < 1.29 is 14.1 Å². The van der Waals surface area contributed by atoms with Gasteiger partial charge in [-0.2, -0.15) is 0 Å². The van der Waals surface area contributed by atoms with E-state index in [9.17, 15) is 14.1 Å². The number of amides is 1. The van der Waals surface area contributed by atoms with Crippen molar-refractivity contribution in [2.45, 2.75) is 24.7 Å². The molecule has 4 rings (SSSR count).